The number of nitrogens with two attached hydrogens (primary N) is 1. The number of nitrogens with one attached hydrogen (secondary N) is 2. The summed E-state index contributed by atoms with van der Waals surface area (Å²) in [6.45, 7) is 1.46. The number of aromatic nitrogens is 7. The molecular formula is C50H49N13O10. The van der Waals surface area contributed by atoms with Crippen molar-refractivity contribution in [1.29, 1.82) is 5.26 Å². The number of piperidine rings is 2. The first-order chi connectivity index (χ1) is 35.6. The zero-order valence-corrected chi connectivity index (χ0v) is 39.3. The second kappa shape index (κ2) is 22.4. The highest BCUT2D eigenvalue weighted by atomic mass is 16.6. The van der Waals surface area contributed by atoms with E-state index in [1.54, 1.807) is 27.9 Å². The van der Waals surface area contributed by atoms with Crippen molar-refractivity contribution in [2.75, 3.05) is 51.8 Å². The molecular weight excluding hydrogens is 943 g/mol. The number of hydrogen-bond donors (Lipinski definition) is 3. The maximum Gasteiger partial charge on any atom is 0.407 e. The van der Waals surface area contributed by atoms with Gasteiger partial charge in [-0.25, -0.2) is 24.1 Å². The lowest BCUT2D eigenvalue weighted by molar-refractivity contribution is -0.136. The normalized spacial score (nSPS) is 16.8. The number of nitrogen functional groups attached to an aromatic ring is 1. The topological polar surface area (TPSA) is 294 Å². The molecule has 3 aromatic heterocycles. The Morgan fingerprint density at radius 2 is 1.75 bits per heavy atom. The summed E-state index contributed by atoms with van der Waals surface area (Å²) in [7, 11) is 0. The highest BCUT2D eigenvalue weighted by Gasteiger charge is 2.46. The fourth-order valence-electron chi connectivity index (χ4n) is 8.80. The molecule has 2 saturated heterocycles. The van der Waals surface area contributed by atoms with Crippen molar-refractivity contribution < 1.29 is 47.7 Å². The number of para-hydroxylation sites is 1. The molecule has 3 aromatic carbocycles. The highest BCUT2D eigenvalue weighted by Crippen LogP contribution is 2.36. The van der Waals surface area contributed by atoms with Crippen LogP contribution in [0.4, 0.5) is 10.6 Å². The lowest BCUT2D eigenvalue weighted by Gasteiger charge is -2.32. The molecule has 6 heterocycles. The number of hydrogen-bond acceptors (Lipinski definition) is 17. The van der Waals surface area contributed by atoms with Gasteiger partial charge in [0.15, 0.2) is 5.65 Å². The van der Waals surface area contributed by atoms with Crippen LogP contribution in [0, 0.1) is 11.3 Å². The standard InChI is InChI=1S/C50H49N13O10/c51-27-32(47(66)60-21-6-9-34(29-60)63-45-42(44(52)54-30-55-45)43(58-63)31-14-16-36(17-15-31)73-35-10-2-1-3-11-35)7-4-8-33-28-61(59-57-33)22-24-70-25-26-72-50(69)53-20-23-71-39-13-5-12-37-41(39)49(68)62(48(37)67)38-18-19-40(64)56-46(38)65/h1-3,5,7,10-17,28,30,34,38H,4,6,8-9,18-26,29H2,(H,53,69)(H2,52,54,55)(H,56,64,65). The van der Waals surface area contributed by atoms with E-state index in [0.29, 0.717) is 67.1 Å². The van der Waals surface area contributed by atoms with Gasteiger partial charge < -0.3 is 34.9 Å². The quantitative estimate of drug-likeness (QED) is 0.0448. The third-order valence-corrected chi connectivity index (χ3v) is 12.3. The Morgan fingerprint density at radius 1 is 0.932 bits per heavy atom. The Kier molecular flexibility index (Phi) is 15.0. The van der Waals surface area contributed by atoms with Crippen LogP contribution in [0.5, 0.6) is 17.2 Å². The predicted molar refractivity (Wildman–Crippen MR) is 257 cm³/mol. The monoisotopic (exact) mass is 991 g/mol. The largest absolute Gasteiger partial charge is 0.491 e. The molecule has 2 unspecified atom stereocenters. The van der Waals surface area contributed by atoms with Crippen molar-refractivity contribution in [2.45, 2.75) is 57.2 Å². The summed E-state index contributed by atoms with van der Waals surface area (Å²) >= 11 is 0. The minimum absolute atomic E-state index is 0.00222. The smallest absolute Gasteiger partial charge is 0.407 e. The van der Waals surface area contributed by atoms with Crippen molar-refractivity contribution in [2.24, 2.45) is 0 Å². The van der Waals surface area contributed by atoms with Gasteiger partial charge in [0.2, 0.25) is 11.8 Å². The molecule has 9 rings (SSSR count). The van der Waals surface area contributed by atoms with E-state index in [2.05, 4.69) is 37.0 Å². The zero-order chi connectivity index (χ0) is 50.8. The van der Waals surface area contributed by atoms with Gasteiger partial charge in [0.05, 0.1) is 54.6 Å². The Labute approximate surface area is 416 Å². The van der Waals surface area contributed by atoms with Crippen LogP contribution >= 0.6 is 0 Å². The first-order valence-electron chi connectivity index (χ1n) is 23.6. The fourth-order valence-corrected chi connectivity index (χ4v) is 8.80. The maximum atomic E-state index is 13.7. The van der Waals surface area contributed by atoms with E-state index in [-0.39, 0.29) is 86.0 Å². The van der Waals surface area contributed by atoms with Crippen molar-refractivity contribution in [3.8, 4) is 34.6 Å². The van der Waals surface area contributed by atoms with Crippen LogP contribution in [0.3, 0.4) is 0 Å². The summed E-state index contributed by atoms with van der Waals surface area (Å²) in [6, 6.07) is 22.3. The number of carbonyl (C=O) groups excluding carboxylic acids is 6. The molecule has 374 valence electrons. The number of allylic oxidation sites excluding steroid dienone is 1. The number of alkyl carbamates (subject to hydrolysis) is 1. The number of nitrogens with zero attached hydrogens (tertiary/aromatic N) is 10. The van der Waals surface area contributed by atoms with Crippen LogP contribution in [0.25, 0.3) is 22.3 Å². The molecule has 6 amide bonds. The van der Waals surface area contributed by atoms with E-state index in [9.17, 15) is 34.0 Å². The Balaban J connectivity index is 0.684. The molecule has 0 radical (unpaired) electrons. The minimum atomic E-state index is -1.11. The van der Waals surface area contributed by atoms with Gasteiger partial charge in [0, 0.05) is 31.3 Å². The first-order valence-corrected chi connectivity index (χ1v) is 23.6. The van der Waals surface area contributed by atoms with Crippen molar-refractivity contribution in [1.82, 2.24) is 55.2 Å². The first kappa shape index (κ1) is 49.0. The molecule has 23 nitrogen and oxygen atoms in total. The van der Waals surface area contributed by atoms with E-state index in [0.717, 1.165) is 22.6 Å². The molecule has 6 aromatic rings. The second-order valence-corrected chi connectivity index (χ2v) is 17.1. The van der Waals surface area contributed by atoms with Crippen molar-refractivity contribution in [3.63, 3.8) is 0 Å². The molecule has 3 aliphatic rings. The molecule has 73 heavy (non-hydrogen) atoms. The van der Waals surface area contributed by atoms with E-state index in [1.165, 1.54) is 18.5 Å². The SMILES string of the molecule is N#CC(=CCCc1cn(CCOCCOC(=O)NCCOc2cccc3c2C(=O)N(C2CCC(=O)NC2=O)C3=O)nn1)C(=O)N1CCCC(n2nc(-c3ccc(Oc4ccccc4)cc3)c3c(N)ncnc32)C1. The summed E-state index contributed by atoms with van der Waals surface area (Å²) in [5.41, 5.74) is 9.15. The third-order valence-electron chi connectivity index (χ3n) is 12.3. The van der Waals surface area contributed by atoms with Gasteiger partial charge in [-0.2, -0.15) is 10.4 Å². The van der Waals surface area contributed by atoms with Gasteiger partial charge in [-0.3, -0.25) is 34.2 Å². The Bertz CT molecular complexity index is 3130. The molecule has 0 saturated carbocycles. The van der Waals surface area contributed by atoms with Gasteiger partial charge in [-0.15, -0.1) is 5.10 Å². The number of likely N-dealkylation sites (tertiary alicyclic amines) is 1. The van der Waals surface area contributed by atoms with Crippen LogP contribution in [-0.4, -0.2) is 132 Å². The van der Waals surface area contributed by atoms with Gasteiger partial charge in [0.25, 0.3) is 17.7 Å². The van der Waals surface area contributed by atoms with Crippen LogP contribution < -0.4 is 25.8 Å². The van der Waals surface area contributed by atoms with Crippen molar-refractivity contribution in [3.05, 3.63) is 114 Å². The Hall–Kier alpha value is -9.04. The molecule has 2 fully saturated rings. The number of amides is 6. The number of anilines is 1. The zero-order valence-electron chi connectivity index (χ0n) is 39.3. The van der Waals surface area contributed by atoms with Crippen LogP contribution in [-0.2, 0) is 36.8 Å². The Morgan fingerprint density at radius 3 is 2.56 bits per heavy atom. The highest BCUT2D eigenvalue weighted by molar-refractivity contribution is 6.24. The summed E-state index contributed by atoms with van der Waals surface area (Å²) in [4.78, 5) is 87.6. The van der Waals surface area contributed by atoms with E-state index in [4.69, 9.17) is 29.8 Å². The van der Waals surface area contributed by atoms with Crippen molar-refractivity contribution >= 4 is 52.5 Å². The van der Waals surface area contributed by atoms with E-state index < -0.39 is 35.8 Å². The van der Waals surface area contributed by atoms with Crippen LogP contribution in [0.15, 0.2) is 97.0 Å². The number of rotatable bonds is 19. The van der Waals surface area contributed by atoms with Gasteiger partial charge in [0.1, 0.15) is 66.0 Å². The summed E-state index contributed by atoms with van der Waals surface area (Å²) in [6.07, 6.45) is 6.33. The third kappa shape index (κ3) is 11.1. The van der Waals surface area contributed by atoms with E-state index in [1.807, 2.05) is 59.3 Å². The number of benzene rings is 3. The van der Waals surface area contributed by atoms with E-state index >= 15 is 0 Å². The number of fused-ring (bicyclic) bond motifs is 2. The molecule has 4 N–H and O–H groups in total. The van der Waals surface area contributed by atoms with Gasteiger partial charge in [-0.1, -0.05) is 35.6 Å². The summed E-state index contributed by atoms with van der Waals surface area (Å²) in [5.74, 6) is -1.12. The minimum Gasteiger partial charge on any atom is -0.491 e. The lowest BCUT2D eigenvalue weighted by atomic mass is 10.0. The van der Waals surface area contributed by atoms with Gasteiger partial charge >= 0.3 is 6.09 Å². The number of nitriles is 1. The molecule has 0 spiro atoms. The lowest BCUT2D eigenvalue weighted by Crippen LogP contribution is -2.54. The maximum absolute atomic E-state index is 13.7. The average molecular weight is 992 g/mol. The summed E-state index contributed by atoms with van der Waals surface area (Å²) < 4.78 is 25.9. The molecule has 3 aliphatic heterocycles. The second-order valence-electron chi connectivity index (χ2n) is 17.1. The fraction of sp³-hybridized carbons (Fsp3) is 0.320. The number of carbonyl (C=O) groups is 6. The van der Waals surface area contributed by atoms with Crippen LogP contribution in [0.1, 0.15) is 64.6 Å². The summed E-state index contributed by atoms with van der Waals surface area (Å²) in [5, 5.41) is 28.7. The molecule has 23 heteroatoms. The number of ether oxygens (including phenoxy) is 4. The molecule has 0 aliphatic carbocycles. The number of aryl methyl sites for hydroxylation is 1. The predicted octanol–water partition coefficient (Wildman–Crippen LogP) is 3.93. The average Bonchev–Trinajstić information content (AvgIpc) is 4.10. The van der Waals surface area contributed by atoms with Gasteiger partial charge in [-0.05, 0) is 80.6 Å². The molecule has 0 bridgehead atoms. The number of imide groups is 2. The molecule has 2 atom stereocenters. The van der Waals surface area contributed by atoms with Crippen LogP contribution in [0.2, 0.25) is 0 Å².